The SMILES string of the molecule is CCCC(O)C(C)Br. The van der Waals surface area contributed by atoms with E-state index >= 15 is 0 Å². The van der Waals surface area contributed by atoms with Crippen LogP contribution in [0.15, 0.2) is 0 Å². The molecule has 0 saturated carbocycles. The molecule has 1 nitrogen and oxygen atoms in total. The summed E-state index contributed by atoms with van der Waals surface area (Å²) in [5.74, 6) is 0. The van der Waals surface area contributed by atoms with Crippen LogP contribution in [0.25, 0.3) is 0 Å². The molecular weight excluding hydrogens is 168 g/mol. The summed E-state index contributed by atoms with van der Waals surface area (Å²) in [6.45, 7) is 4.03. The third kappa shape index (κ3) is 3.44. The van der Waals surface area contributed by atoms with Crippen LogP contribution in [0.2, 0.25) is 0 Å². The molecule has 0 heterocycles. The maximum atomic E-state index is 9.08. The summed E-state index contributed by atoms with van der Waals surface area (Å²) in [6.07, 6.45) is 1.78. The standard InChI is InChI=1S/C6H13BrO/c1-3-4-6(8)5(2)7/h5-6,8H,3-4H2,1-2H3. The first-order valence-electron chi connectivity index (χ1n) is 3.00. The van der Waals surface area contributed by atoms with Gasteiger partial charge in [-0.05, 0) is 6.42 Å². The van der Waals surface area contributed by atoms with Crippen molar-refractivity contribution in [2.75, 3.05) is 0 Å². The van der Waals surface area contributed by atoms with Crippen molar-refractivity contribution in [2.45, 2.75) is 37.6 Å². The molecule has 0 saturated heterocycles. The summed E-state index contributed by atoms with van der Waals surface area (Å²) in [7, 11) is 0. The van der Waals surface area contributed by atoms with Crippen molar-refractivity contribution in [3.05, 3.63) is 0 Å². The molecule has 0 aliphatic carbocycles. The van der Waals surface area contributed by atoms with Gasteiger partial charge in [-0.25, -0.2) is 0 Å². The Morgan fingerprint density at radius 1 is 1.62 bits per heavy atom. The molecule has 50 valence electrons. The molecule has 0 fully saturated rings. The van der Waals surface area contributed by atoms with Crippen molar-refractivity contribution in [1.29, 1.82) is 0 Å². The third-order valence-electron chi connectivity index (χ3n) is 1.11. The van der Waals surface area contributed by atoms with E-state index in [1.54, 1.807) is 0 Å². The number of halogens is 1. The highest BCUT2D eigenvalue weighted by Gasteiger charge is 2.07. The van der Waals surface area contributed by atoms with E-state index in [-0.39, 0.29) is 10.9 Å². The topological polar surface area (TPSA) is 20.2 Å². The zero-order valence-corrected chi connectivity index (χ0v) is 6.98. The van der Waals surface area contributed by atoms with Crippen molar-refractivity contribution in [2.24, 2.45) is 0 Å². The first-order valence-corrected chi connectivity index (χ1v) is 3.92. The van der Waals surface area contributed by atoms with Crippen molar-refractivity contribution in [1.82, 2.24) is 0 Å². The van der Waals surface area contributed by atoms with Gasteiger partial charge < -0.3 is 5.11 Å². The molecule has 0 radical (unpaired) electrons. The molecule has 0 aliphatic rings. The lowest BCUT2D eigenvalue weighted by Gasteiger charge is -2.09. The minimum Gasteiger partial charge on any atom is -0.392 e. The quantitative estimate of drug-likeness (QED) is 0.659. The van der Waals surface area contributed by atoms with Gasteiger partial charge >= 0.3 is 0 Å². The van der Waals surface area contributed by atoms with Gasteiger partial charge in [-0.1, -0.05) is 36.2 Å². The van der Waals surface area contributed by atoms with Crippen LogP contribution in [0.5, 0.6) is 0 Å². The van der Waals surface area contributed by atoms with Gasteiger partial charge in [-0.2, -0.15) is 0 Å². The zero-order chi connectivity index (χ0) is 6.57. The van der Waals surface area contributed by atoms with E-state index in [0.717, 1.165) is 12.8 Å². The Balaban J connectivity index is 3.17. The summed E-state index contributed by atoms with van der Waals surface area (Å²) in [5, 5.41) is 9.08. The van der Waals surface area contributed by atoms with Crippen molar-refractivity contribution < 1.29 is 5.11 Å². The Hall–Kier alpha value is 0.440. The van der Waals surface area contributed by atoms with Crippen molar-refractivity contribution >= 4 is 15.9 Å². The second-order valence-electron chi connectivity index (χ2n) is 2.03. The Kier molecular flexibility index (Phi) is 4.57. The van der Waals surface area contributed by atoms with E-state index in [4.69, 9.17) is 5.11 Å². The monoisotopic (exact) mass is 180 g/mol. The van der Waals surface area contributed by atoms with Gasteiger partial charge in [0.05, 0.1) is 6.10 Å². The predicted molar refractivity (Wildman–Crippen MR) is 39.3 cm³/mol. The average molecular weight is 181 g/mol. The van der Waals surface area contributed by atoms with E-state index in [2.05, 4.69) is 22.9 Å². The lowest BCUT2D eigenvalue weighted by atomic mass is 10.2. The fraction of sp³-hybridized carbons (Fsp3) is 1.00. The molecular formula is C6H13BrO. The average Bonchev–Trinajstić information content (AvgIpc) is 1.67. The molecule has 0 aliphatic heterocycles. The largest absolute Gasteiger partial charge is 0.392 e. The summed E-state index contributed by atoms with van der Waals surface area (Å²) in [5.41, 5.74) is 0. The maximum Gasteiger partial charge on any atom is 0.0662 e. The van der Waals surface area contributed by atoms with Crippen molar-refractivity contribution in [3.63, 3.8) is 0 Å². The number of hydrogen-bond acceptors (Lipinski definition) is 1. The van der Waals surface area contributed by atoms with Crippen LogP contribution in [-0.4, -0.2) is 16.0 Å². The van der Waals surface area contributed by atoms with Crippen LogP contribution >= 0.6 is 15.9 Å². The highest BCUT2D eigenvalue weighted by atomic mass is 79.9. The lowest BCUT2D eigenvalue weighted by molar-refractivity contribution is 0.167. The van der Waals surface area contributed by atoms with E-state index in [1.165, 1.54) is 0 Å². The number of hydrogen-bond donors (Lipinski definition) is 1. The van der Waals surface area contributed by atoms with E-state index in [0.29, 0.717) is 0 Å². The van der Waals surface area contributed by atoms with Gasteiger partial charge in [0.15, 0.2) is 0 Å². The second-order valence-corrected chi connectivity index (χ2v) is 3.48. The van der Waals surface area contributed by atoms with Gasteiger partial charge in [0.1, 0.15) is 0 Å². The van der Waals surface area contributed by atoms with Gasteiger partial charge in [0, 0.05) is 4.83 Å². The first kappa shape index (κ1) is 8.44. The maximum absolute atomic E-state index is 9.08. The summed E-state index contributed by atoms with van der Waals surface area (Å²) in [4.78, 5) is 0.238. The molecule has 8 heavy (non-hydrogen) atoms. The van der Waals surface area contributed by atoms with Crippen LogP contribution < -0.4 is 0 Å². The Labute approximate surface area is 59.2 Å². The van der Waals surface area contributed by atoms with Crippen LogP contribution in [0.4, 0.5) is 0 Å². The molecule has 0 aromatic carbocycles. The van der Waals surface area contributed by atoms with Gasteiger partial charge in [0.2, 0.25) is 0 Å². The molecule has 0 rings (SSSR count). The molecule has 0 spiro atoms. The van der Waals surface area contributed by atoms with Gasteiger partial charge in [-0.15, -0.1) is 0 Å². The molecule has 2 atom stereocenters. The minimum absolute atomic E-state index is 0.167. The fourth-order valence-corrected chi connectivity index (χ4v) is 0.790. The molecule has 1 N–H and O–H groups in total. The number of rotatable bonds is 3. The van der Waals surface area contributed by atoms with Crippen LogP contribution in [-0.2, 0) is 0 Å². The minimum atomic E-state index is -0.167. The predicted octanol–water partition coefficient (Wildman–Crippen LogP) is 1.93. The normalized spacial score (nSPS) is 18.0. The van der Waals surface area contributed by atoms with Gasteiger partial charge in [-0.3, -0.25) is 0 Å². The molecule has 2 unspecified atom stereocenters. The molecule has 0 bridgehead atoms. The number of aliphatic hydroxyl groups excluding tert-OH is 1. The van der Waals surface area contributed by atoms with E-state index < -0.39 is 0 Å². The summed E-state index contributed by atoms with van der Waals surface area (Å²) < 4.78 is 0. The highest BCUT2D eigenvalue weighted by molar-refractivity contribution is 9.09. The molecule has 0 aromatic rings. The van der Waals surface area contributed by atoms with Crippen LogP contribution in [0, 0.1) is 0 Å². The zero-order valence-electron chi connectivity index (χ0n) is 5.39. The Morgan fingerprint density at radius 3 is 2.25 bits per heavy atom. The molecule has 2 heteroatoms. The van der Waals surface area contributed by atoms with Crippen molar-refractivity contribution in [3.8, 4) is 0 Å². The fourth-order valence-electron chi connectivity index (χ4n) is 0.525. The smallest absolute Gasteiger partial charge is 0.0662 e. The summed E-state index contributed by atoms with van der Waals surface area (Å²) in [6, 6.07) is 0. The summed E-state index contributed by atoms with van der Waals surface area (Å²) >= 11 is 3.29. The second kappa shape index (κ2) is 4.33. The molecule has 0 amide bonds. The Bertz CT molecular complexity index is 54.5. The highest BCUT2D eigenvalue weighted by Crippen LogP contribution is 2.08. The van der Waals surface area contributed by atoms with Crippen LogP contribution in [0.1, 0.15) is 26.7 Å². The third-order valence-corrected chi connectivity index (χ3v) is 1.72. The Morgan fingerprint density at radius 2 is 2.12 bits per heavy atom. The molecule has 0 aromatic heterocycles. The van der Waals surface area contributed by atoms with E-state index in [9.17, 15) is 0 Å². The lowest BCUT2D eigenvalue weighted by Crippen LogP contribution is -2.15. The number of alkyl halides is 1. The van der Waals surface area contributed by atoms with Gasteiger partial charge in [0.25, 0.3) is 0 Å². The van der Waals surface area contributed by atoms with Crippen LogP contribution in [0.3, 0.4) is 0 Å². The number of aliphatic hydroxyl groups is 1. The van der Waals surface area contributed by atoms with E-state index in [1.807, 2.05) is 6.92 Å². The first-order chi connectivity index (χ1) is 3.68.